The van der Waals surface area contributed by atoms with Gasteiger partial charge in [0.2, 0.25) is 5.91 Å². The molecule has 1 amide bonds. The first-order chi connectivity index (χ1) is 12.6. The topological polar surface area (TPSA) is 86.5 Å². The van der Waals surface area contributed by atoms with Crippen LogP contribution in [0, 0.1) is 12.8 Å². The van der Waals surface area contributed by atoms with Gasteiger partial charge in [-0.1, -0.05) is 12.1 Å². The molecule has 6 nitrogen and oxygen atoms in total. The normalized spacial score (nSPS) is 18.3. The lowest BCUT2D eigenvalue weighted by atomic mass is 9.95. The molecular formula is C20H29N5O. The number of H-pyrrole nitrogens is 1. The number of nitrogens with one attached hydrogen (secondary N) is 2. The van der Waals surface area contributed by atoms with Crippen molar-refractivity contribution >= 4 is 22.8 Å². The number of piperidine rings is 1. The molecule has 0 spiro atoms. The summed E-state index contributed by atoms with van der Waals surface area (Å²) in [6.45, 7) is 4.79. The summed E-state index contributed by atoms with van der Waals surface area (Å²) in [5.74, 6) is 1.03. The summed E-state index contributed by atoms with van der Waals surface area (Å²) < 4.78 is 0. The van der Waals surface area contributed by atoms with Gasteiger partial charge in [-0.15, -0.1) is 0 Å². The van der Waals surface area contributed by atoms with Crippen molar-refractivity contribution < 1.29 is 4.79 Å². The maximum absolute atomic E-state index is 11.2. The molecule has 2 aromatic rings. The highest BCUT2D eigenvalue weighted by Crippen LogP contribution is 2.22. The molecule has 0 aliphatic carbocycles. The number of aromatic amines is 1. The van der Waals surface area contributed by atoms with Gasteiger partial charge in [0.05, 0.1) is 0 Å². The number of fused-ring (bicyclic) bond motifs is 1. The van der Waals surface area contributed by atoms with Gasteiger partial charge in [0, 0.05) is 50.2 Å². The molecule has 1 aliphatic rings. The van der Waals surface area contributed by atoms with E-state index in [0.717, 1.165) is 44.9 Å². The third kappa shape index (κ3) is 4.18. The Hall–Kier alpha value is -2.50. The lowest BCUT2D eigenvalue weighted by Gasteiger charge is -2.34. The first-order valence-corrected chi connectivity index (χ1v) is 9.38. The molecular weight excluding hydrogens is 326 g/mol. The Morgan fingerprint density at radius 1 is 1.46 bits per heavy atom. The third-order valence-corrected chi connectivity index (χ3v) is 5.19. The van der Waals surface area contributed by atoms with Crippen molar-refractivity contribution in [2.24, 2.45) is 16.6 Å². The smallest absolute Gasteiger partial charge is 0.217 e. The predicted octanol–water partition coefficient (Wildman–Crippen LogP) is 2.18. The Morgan fingerprint density at radius 3 is 3.08 bits per heavy atom. The maximum Gasteiger partial charge on any atom is 0.217 e. The summed E-state index contributed by atoms with van der Waals surface area (Å²) in [7, 11) is 1.82. The average Bonchev–Trinajstić information content (AvgIpc) is 3.03. The van der Waals surface area contributed by atoms with E-state index in [1.165, 1.54) is 22.0 Å². The number of amides is 1. The number of nitrogens with two attached hydrogens (primary N) is 1. The quantitative estimate of drug-likeness (QED) is 0.567. The Labute approximate surface area is 154 Å². The zero-order valence-corrected chi connectivity index (χ0v) is 15.7. The van der Waals surface area contributed by atoms with Crippen LogP contribution in [0.2, 0.25) is 0 Å². The number of aliphatic imine (C=N–C) groups is 1. The van der Waals surface area contributed by atoms with E-state index in [-0.39, 0.29) is 5.91 Å². The highest BCUT2D eigenvalue weighted by Gasteiger charge is 2.23. The van der Waals surface area contributed by atoms with Gasteiger partial charge < -0.3 is 20.9 Å². The van der Waals surface area contributed by atoms with Crippen molar-refractivity contribution in [1.82, 2.24) is 15.2 Å². The molecule has 0 saturated carbocycles. The number of carbonyl (C=O) groups excluding carboxylic acids is 1. The van der Waals surface area contributed by atoms with Crippen LogP contribution < -0.4 is 11.1 Å². The van der Waals surface area contributed by atoms with Crippen LogP contribution >= 0.6 is 0 Å². The number of hydrogen-bond donors (Lipinski definition) is 3. The van der Waals surface area contributed by atoms with Crippen LogP contribution in [0.5, 0.6) is 0 Å². The minimum atomic E-state index is -0.213. The van der Waals surface area contributed by atoms with Crippen molar-refractivity contribution in [2.75, 3.05) is 26.7 Å². The monoisotopic (exact) mass is 355 g/mol. The average molecular weight is 355 g/mol. The van der Waals surface area contributed by atoms with Gasteiger partial charge >= 0.3 is 0 Å². The third-order valence-electron chi connectivity index (χ3n) is 5.19. The Kier molecular flexibility index (Phi) is 5.81. The van der Waals surface area contributed by atoms with Gasteiger partial charge in [0.1, 0.15) is 0 Å². The first-order valence-electron chi connectivity index (χ1n) is 9.38. The molecule has 1 unspecified atom stereocenters. The van der Waals surface area contributed by atoms with Gasteiger partial charge in [-0.2, -0.15) is 0 Å². The fraction of sp³-hybridized carbons (Fsp3) is 0.500. The highest BCUT2D eigenvalue weighted by molar-refractivity contribution is 5.86. The number of rotatable bonds is 5. The van der Waals surface area contributed by atoms with Crippen molar-refractivity contribution in [2.45, 2.75) is 32.6 Å². The lowest BCUT2D eigenvalue weighted by molar-refractivity contribution is -0.119. The molecule has 26 heavy (non-hydrogen) atoms. The van der Waals surface area contributed by atoms with Crippen LogP contribution in [-0.4, -0.2) is 48.4 Å². The standard InChI is InChI=1S/C20H29N5O/c1-14-5-3-7-17-19(14)16(12-24-17)8-9-23-20(22-2)25-10-4-6-15(13-25)11-18(21)26/h3,5,7,12,15,24H,4,6,8-11,13H2,1-2H3,(H2,21,26)(H,22,23). The second kappa shape index (κ2) is 8.25. The van der Waals surface area contributed by atoms with Crippen molar-refractivity contribution in [3.05, 3.63) is 35.5 Å². The van der Waals surface area contributed by atoms with E-state index >= 15 is 0 Å². The SMILES string of the molecule is CN=C(NCCc1c[nH]c2cccc(C)c12)N1CCCC(CC(N)=O)C1. The number of primary amides is 1. The fourth-order valence-corrected chi connectivity index (χ4v) is 4.00. The number of carbonyl (C=O) groups is 1. The van der Waals surface area contributed by atoms with Gasteiger partial charge in [0.15, 0.2) is 5.96 Å². The summed E-state index contributed by atoms with van der Waals surface area (Å²) in [5, 5.41) is 4.80. The van der Waals surface area contributed by atoms with E-state index in [4.69, 9.17) is 5.73 Å². The fourth-order valence-electron chi connectivity index (χ4n) is 4.00. The minimum Gasteiger partial charge on any atom is -0.370 e. The van der Waals surface area contributed by atoms with E-state index < -0.39 is 0 Å². The number of aromatic nitrogens is 1. The summed E-state index contributed by atoms with van der Waals surface area (Å²) in [4.78, 5) is 21.2. The van der Waals surface area contributed by atoms with Crippen molar-refractivity contribution in [3.63, 3.8) is 0 Å². The molecule has 1 saturated heterocycles. The molecule has 3 rings (SSSR count). The van der Waals surface area contributed by atoms with Crippen LogP contribution in [0.4, 0.5) is 0 Å². The molecule has 1 atom stereocenters. The molecule has 0 bridgehead atoms. The summed E-state index contributed by atoms with van der Waals surface area (Å²) >= 11 is 0. The van der Waals surface area contributed by atoms with Crippen LogP contribution in [-0.2, 0) is 11.2 Å². The predicted molar refractivity (Wildman–Crippen MR) is 106 cm³/mol. The maximum atomic E-state index is 11.2. The Morgan fingerprint density at radius 2 is 2.31 bits per heavy atom. The first kappa shape index (κ1) is 18.3. The van der Waals surface area contributed by atoms with Crippen LogP contribution in [0.1, 0.15) is 30.4 Å². The minimum absolute atomic E-state index is 0.213. The number of likely N-dealkylation sites (tertiary alicyclic amines) is 1. The molecule has 1 aromatic heterocycles. The lowest BCUT2D eigenvalue weighted by Crippen LogP contribution is -2.47. The summed E-state index contributed by atoms with van der Waals surface area (Å²) in [6.07, 6.45) is 5.63. The van der Waals surface area contributed by atoms with E-state index in [2.05, 4.69) is 51.5 Å². The van der Waals surface area contributed by atoms with Gasteiger partial charge in [-0.3, -0.25) is 9.79 Å². The van der Waals surface area contributed by atoms with Gasteiger partial charge in [-0.25, -0.2) is 0 Å². The molecule has 140 valence electrons. The second-order valence-electron chi connectivity index (χ2n) is 7.16. The molecule has 0 radical (unpaired) electrons. The van der Waals surface area contributed by atoms with Crippen LogP contribution in [0.25, 0.3) is 10.9 Å². The van der Waals surface area contributed by atoms with Crippen molar-refractivity contribution in [1.29, 1.82) is 0 Å². The number of nitrogens with zero attached hydrogens (tertiary/aromatic N) is 2. The van der Waals surface area contributed by atoms with E-state index in [9.17, 15) is 4.79 Å². The van der Waals surface area contributed by atoms with Crippen LogP contribution in [0.15, 0.2) is 29.4 Å². The zero-order valence-electron chi connectivity index (χ0n) is 15.7. The molecule has 1 fully saturated rings. The Balaban J connectivity index is 1.58. The van der Waals surface area contributed by atoms with E-state index in [1.807, 2.05) is 7.05 Å². The van der Waals surface area contributed by atoms with E-state index in [1.54, 1.807) is 0 Å². The van der Waals surface area contributed by atoms with Crippen molar-refractivity contribution in [3.8, 4) is 0 Å². The second-order valence-corrected chi connectivity index (χ2v) is 7.16. The molecule has 4 N–H and O–H groups in total. The molecule has 1 aromatic carbocycles. The molecule has 2 heterocycles. The highest BCUT2D eigenvalue weighted by atomic mass is 16.1. The summed E-state index contributed by atoms with van der Waals surface area (Å²) in [5.41, 5.74) is 9.18. The molecule has 6 heteroatoms. The zero-order chi connectivity index (χ0) is 18.5. The van der Waals surface area contributed by atoms with Gasteiger partial charge in [0.25, 0.3) is 0 Å². The number of hydrogen-bond acceptors (Lipinski definition) is 2. The number of guanidine groups is 1. The van der Waals surface area contributed by atoms with Gasteiger partial charge in [-0.05, 0) is 49.3 Å². The molecule has 1 aliphatic heterocycles. The number of benzene rings is 1. The Bertz CT molecular complexity index is 795. The largest absolute Gasteiger partial charge is 0.370 e. The summed E-state index contributed by atoms with van der Waals surface area (Å²) in [6, 6.07) is 6.35. The number of aryl methyl sites for hydroxylation is 1. The van der Waals surface area contributed by atoms with Crippen LogP contribution in [0.3, 0.4) is 0 Å². The van der Waals surface area contributed by atoms with E-state index in [0.29, 0.717) is 12.3 Å².